The van der Waals surface area contributed by atoms with Crippen molar-refractivity contribution < 1.29 is 23.6 Å². The smallest absolute Gasteiger partial charge is 0.338 e. The Morgan fingerprint density at radius 2 is 1.75 bits per heavy atom. The molecule has 0 aliphatic heterocycles. The minimum absolute atomic E-state index is 0.184. The van der Waals surface area contributed by atoms with E-state index in [0.29, 0.717) is 11.5 Å². The average Bonchev–Trinajstić information content (AvgIpc) is 3.10. The van der Waals surface area contributed by atoms with Crippen LogP contribution in [0.15, 0.2) is 38.4 Å². The van der Waals surface area contributed by atoms with Crippen LogP contribution in [0.5, 0.6) is 5.75 Å². The van der Waals surface area contributed by atoms with E-state index in [2.05, 4.69) is 5.16 Å². The summed E-state index contributed by atoms with van der Waals surface area (Å²) in [6.07, 6.45) is 0. The number of carbonyl (C=O) groups is 2. The van der Waals surface area contributed by atoms with Crippen molar-refractivity contribution in [3.05, 3.63) is 73.2 Å². The van der Waals surface area contributed by atoms with E-state index in [0.717, 1.165) is 20.4 Å². The van der Waals surface area contributed by atoms with Crippen LogP contribution in [0.2, 0.25) is 0 Å². The number of nitrogen functional groups attached to an aromatic ring is 1. The topological polar surface area (TPSA) is 149 Å². The molecular formula is C21H22N4O7. The van der Waals surface area contributed by atoms with Crippen LogP contribution in [-0.4, -0.2) is 32.7 Å². The largest absolute Gasteiger partial charge is 0.489 e. The van der Waals surface area contributed by atoms with Crippen molar-refractivity contribution in [3.8, 4) is 5.75 Å². The number of esters is 1. The summed E-state index contributed by atoms with van der Waals surface area (Å²) >= 11 is 0. The quantitative estimate of drug-likeness (QED) is 0.416. The predicted molar refractivity (Wildman–Crippen MR) is 113 cm³/mol. The number of Topliss-reactive ketones (excluding diaryl/α,β-unsaturated/α-hetero) is 1. The molecule has 2 aromatic heterocycles. The number of carbonyl (C=O) groups excluding carboxylic acids is 2. The van der Waals surface area contributed by atoms with Gasteiger partial charge < -0.3 is 19.7 Å². The summed E-state index contributed by atoms with van der Waals surface area (Å²) in [5.41, 5.74) is 5.56. The molecule has 32 heavy (non-hydrogen) atoms. The van der Waals surface area contributed by atoms with E-state index in [9.17, 15) is 19.2 Å². The maximum absolute atomic E-state index is 12.4. The second-order valence-electron chi connectivity index (χ2n) is 7.08. The summed E-state index contributed by atoms with van der Waals surface area (Å²) in [6.45, 7) is 3.15. The van der Waals surface area contributed by atoms with Gasteiger partial charge in [0.25, 0.3) is 5.56 Å². The number of hydrogen-bond donors (Lipinski definition) is 1. The summed E-state index contributed by atoms with van der Waals surface area (Å²) in [7, 11) is 2.55. The van der Waals surface area contributed by atoms with Crippen LogP contribution in [0, 0.1) is 13.8 Å². The molecule has 11 nitrogen and oxygen atoms in total. The van der Waals surface area contributed by atoms with Crippen molar-refractivity contribution in [1.82, 2.24) is 14.3 Å². The van der Waals surface area contributed by atoms with Gasteiger partial charge in [-0.25, -0.2) is 9.59 Å². The molecule has 0 fully saturated rings. The molecule has 3 rings (SSSR count). The second kappa shape index (κ2) is 8.92. The van der Waals surface area contributed by atoms with Gasteiger partial charge in [-0.1, -0.05) is 5.16 Å². The van der Waals surface area contributed by atoms with E-state index in [1.807, 2.05) is 6.92 Å². The molecular weight excluding hydrogens is 420 g/mol. The van der Waals surface area contributed by atoms with Crippen molar-refractivity contribution >= 4 is 17.6 Å². The van der Waals surface area contributed by atoms with Crippen LogP contribution in [0.3, 0.4) is 0 Å². The Bertz CT molecular complexity index is 1280. The van der Waals surface area contributed by atoms with Gasteiger partial charge in [0, 0.05) is 14.1 Å². The van der Waals surface area contributed by atoms with Crippen molar-refractivity contribution in [2.45, 2.75) is 20.5 Å². The Morgan fingerprint density at radius 1 is 1.09 bits per heavy atom. The molecule has 0 radical (unpaired) electrons. The highest BCUT2D eigenvalue weighted by molar-refractivity contribution is 6.02. The second-order valence-corrected chi connectivity index (χ2v) is 7.08. The van der Waals surface area contributed by atoms with E-state index in [-0.39, 0.29) is 18.0 Å². The van der Waals surface area contributed by atoms with Crippen LogP contribution in [-0.2, 0) is 25.4 Å². The van der Waals surface area contributed by atoms with Crippen LogP contribution in [0.25, 0.3) is 0 Å². The molecule has 1 aromatic carbocycles. The number of benzene rings is 1. The van der Waals surface area contributed by atoms with Gasteiger partial charge in [0.1, 0.15) is 29.5 Å². The number of rotatable bonds is 7. The Morgan fingerprint density at radius 3 is 2.34 bits per heavy atom. The average molecular weight is 442 g/mol. The Balaban J connectivity index is 1.64. The van der Waals surface area contributed by atoms with Gasteiger partial charge in [-0.2, -0.15) is 0 Å². The van der Waals surface area contributed by atoms with E-state index in [1.54, 1.807) is 19.1 Å². The van der Waals surface area contributed by atoms with Gasteiger partial charge in [-0.05, 0) is 38.1 Å². The molecule has 0 aliphatic carbocycles. The number of anilines is 1. The maximum atomic E-state index is 12.4. The highest BCUT2D eigenvalue weighted by Crippen LogP contribution is 2.18. The first-order valence-electron chi connectivity index (χ1n) is 9.52. The molecule has 0 bridgehead atoms. The normalized spacial score (nSPS) is 10.8. The maximum Gasteiger partial charge on any atom is 0.338 e. The fraction of sp³-hybridized carbons (Fsp3) is 0.286. The van der Waals surface area contributed by atoms with Crippen LogP contribution >= 0.6 is 0 Å². The van der Waals surface area contributed by atoms with E-state index >= 15 is 0 Å². The lowest BCUT2D eigenvalue weighted by Gasteiger charge is -2.11. The van der Waals surface area contributed by atoms with Crippen molar-refractivity contribution in [3.63, 3.8) is 0 Å². The molecule has 0 spiro atoms. The Labute approximate surface area is 182 Å². The third kappa shape index (κ3) is 4.31. The summed E-state index contributed by atoms with van der Waals surface area (Å²) in [6, 6.07) is 6.12. The molecule has 11 heteroatoms. The van der Waals surface area contributed by atoms with Gasteiger partial charge in [0.15, 0.2) is 6.61 Å². The van der Waals surface area contributed by atoms with Crippen LogP contribution < -0.4 is 21.7 Å². The van der Waals surface area contributed by atoms with Crippen LogP contribution in [0.1, 0.15) is 37.7 Å². The fourth-order valence-electron chi connectivity index (χ4n) is 2.96. The summed E-state index contributed by atoms with van der Waals surface area (Å²) in [4.78, 5) is 48.8. The van der Waals surface area contributed by atoms with Gasteiger partial charge in [0.2, 0.25) is 5.78 Å². The van der Waals surface area contributed by atoms with E-state index in [4.69, 9.17) is 19.7 Å². The zero-order chi connectivity index (χ0) is 23.6. The molecule has 0 saturated heterocycles. The Hall–Kier alpha value is -4.15. The van der Waals surface area contributed by atoms with Crippen LogP contribution in [0.4, 0.5) is 5.82 Å². The van der Waals surface area contributed by atoms with Crippen molar-refractivity contribution in [1.29, 1.82) is 0 Å². The number of aryl methyl sites for hydroxylation is 2. The molecule has 0 atom stereocenters. The van der Waals surface area contributed by atoms with Gasteiger partial charge in [0.05, 0.1) is 16.8 Å². The van der Waals surface area contributed by atoms with Crippen molar-refractivity contribution in [2.24, 2.45) is 14.1 Å². The number of ether oxygens (including phenoxy) is 2. The van der Waals surface area contributed by atoms with E-state index in [1.165, 1.54) is 26.2 Å². The molecule has 3 aromatic rings. The first kappa shape index (κ1) is 22.5. The standard InChI is InChI=1S/C21H22N4O7/c1-11-15(12(2)32-23-11)9-30-14-7-5-13(6-8-14)20(28)31-10-16(26)17-18(22)24(3)21(29)25(4)19(17)27/h5-8H,9-10,22H2,1-4H3. The third-order valence-corrected chi connectivity index (χ3v) is 4.98. The number of hydrogen-bond acceptors (Lipinski definition) is 9. The monoisotopic (exact) mass is 442 g/mol. The SMILES string of the molecule is Cc1noc(C)c1COc1ccc(C(=O)OCC(=O)c2c(N)n(C)c(=O)n(C)c2=O)cc1. The first-order valence-corrected chi connectivity index (χ1v) is 9.52. The number of nitrogens with zero attached hydrogens (tertiary/aromatic N) is 3. The van der Waals surface area contributed by atoms with E-state index < -0.39 is 35.2 Å². The lowest BCUT2D eigenvalue weighted by Crippen LogP contribution is -2.42. The van der Waals surface area contributed by atoms with Gasteiger partial charge in [-0.3, -0.25) is 18.7 Å². The molecule has 0 unspecified atom stereocenters. The minimum Gasteiger partial charge on any atom is -0.489 e. The number of aromatic nitrogens is 3. The van der Waals surface area contributed by atoms with Gasteiger partial charge >= 0.3 is 11.7 Å². The fourth-order valence-corrected chi connectivity index (χ4v) is 2.96. The Kier molecular flexibility index (Phi) is 6.28. The zero-order valence-corrected chi connectivity index (χ0v) is 18.0. The highest BCUT2D eigenvalue weighted by Gasteiger charge is 2.21. The zero-order valence-electron chi connectivity index (χ0n) is 18.0. The summed E-state index contributed by atoms with van der Waals surface area (Å²) < 4.78 is 17.5. The highest BCUT2D eigenvalue weighted by atomic mass is 16.5. The molecule has 0 aliphatic rings. The third-order valence-electron chi connectivity index (χ3n) is 4.98. The molecule has 2 N–H and O–H groups in total. The predicted octanol–water partition coefficient (Wildman–Crippen LogP) is 0.890. The number of nitrogens with two attached hydrogens (primary N) is 1. The van der Waals surface area contributed by atoms with Crippen molar-refractivity contribution in [2.75, 3.05) is 12.3 Å². The molecule has 0 amide bonds. The minimum atomic E-state index is -0.855. The molecule has 168 valence electrons. The summed E-state index contributed by atoms with van der Waals surface area (Å²) in [5.74, 6) is -0.693. The summed E-state index contributed by atoms with van der Waals surface area (Å²) in [5, 5.41) is 3.86. The molecule has 0 saturated carbocycles. The van der Waals surface area contributed by atoms with Gasteiger partial charge in [-0.15, -0.1) is 0 Å². The lowest BCUT2D eigenvalue weighted by atomic mass is 10.2. The number of ketones is 1. The lowest BCUT2D eigenvalue weighted by molar-refractivity contribution is 0.0474. The first-order chi connectivity index (χ1) is 15.1. The molecule has 2 heterocycles.